The predicted octanol–water partition coefficient (Wildman–Crippen LogP) is 1.40. The van der Waals surface area contributed by atoms with Gasteiger partial charge >= 0.3 is 13.7 Å². The van der Waals surface area contributed by atoms with Crippen LogP contribution in [0.2, 0.25) is 0 Å². The van der Waals surface area contributed by atoms with Crippen LogP contribution in [-0.2, 0) is 18.4 Å². The van der Waals surface area contributed by atoms with Gasteiger partial charge in [-0.2, -0.15) is 0 Å². The van der Waals surface area contributed by atoms with E-state index in [1.165, 1.54) is 4.90 Å². The summed E-state index contributed by atoms with van der Waals surface area (Å²) in [4.78, 5) is 26.4. The molecule has 1 saturated heterocycles. The summed E-state index contributed by atoms with van der Waals surface area (Å²) in [6, 6.07) is 5.58. The van der Waals surface area contributed by atoms with Gasteiger partial charge in [-0.1, -0.05) is 12.1 Å². The van der Waals surface area contributed by atoms with Crippen LogP contribution < -0.4 is 11.0 Å². The molecule has 1 unspecified atom stereocenters. The van der Waals surface area contributed by atoms with Gasteiger partial charge < -0.3 is 29.7 Å². The van der Waals surface area contributed by atoms with Gasteiger partial charge in [0.1, 0.15) is 6.04 Å². The molecule has 0 saturated carbocycles. The topological polar surface area (TPSA) is 122 Å². The molecule has 1 heterocycles. The quantitative estimate of drug-likeness (QED) is 0.665. The highest BCUT2D eigenvalue weighted by atomic mass is 31.2. The Hall–Kier alpha value is -1.93. The molecule has 27 heavy (non-hydrogen) atoms. The minimum absolute atomic E-state index is 0.249. The first kappa shape index (κ1) is 21.4. The van der Waals surface area contributed by atoms with E-state index in [2.05, 4.69) is 0 Å². The maximum absolute atomic E-state index is 12.8. The van der Waals surface area contributed by atoms with Gasteiger partial charge in [-0.25, -0.2) is 4.79 Å². The molecule has 0 aliphatic carbocycles. The first-order chi connectivity index (χ1) is 12.8. The van der Waals surface area contributed by atoms with Gasteiger partial charge in [0.25, 0.3) is 0 Å². The number of piperazine rings is 1. The Kier molecular flexibility index (Phi) is 7.38. The standard InChI is InChI=1S/C17H26N3O6P/c1-3-25-27(24,26-4-2)14-7-5-13(6-8-14)15(18)16(21)19-9-11-20(12-10-19)17(22)23/h5-8,15H,3-4,9-12,18H2,1-2H3,(H,22,23). The summed E-state index contributed by atoms with van der Waals surface area (Å²) < 4.78 is 23.4. The Morgan fingerprint density at radius 2 is 1.56 bits per heavy atom. The van der Waals surface area contributed by atoms with Crippen molar-refractivity contribution in [3.05, 3.63) is 29.8 Å². The molecule has 2 amide bonds. The summed E-state index contributed by atoms with van der Waals surface area (Å²) in [6.07, 6.45) is -0.991. The van der Waals surface area contributed by atoms with Gasteiger partial charge in [-0.3, -0.25) is 9.36 Å². The van der Waals surface area contributed by atoms with E-state index >= 15 is 0 Å². The number of carbonyl (C=O) groups is 2. The van der Waals surface area contributed by atoms with Crippen molar-refractivity contribution in [2.45, 2.75) is 19.9 Å². The summed E-state index contributed by atoms with van der Waals surface area (Å²) in [6.45, 7) is 5.11. The zero-order valence-electron chi connectivity index (χ0n) is 15.5. The molecule has 1 aliphatic rings. The van der Waals surface area contributed by atoms with Crippen LogP contribution in [0.5, 0.6) is 0 Å². The van der Waals surface area contributed by atoms with E-state index in [0.29, 0.717) is 24.0 Å². The Morgan fingerprint density at radius 1 is 1.07 bits per heavy atom. The number of rotatable bonds is 7. The van der Waals surface area contributed by atoms with E-state index in [-0.39, 0.29) is 32.2 Å². The normalized spacial score (nSPS) is 16.3. The number of hydrogen-bond acceptors (Lipinski definition) is 6. The molecule has 9 nitrogen and oxygen atoms in total. The molecule has 0 spiro atoms. The van der Waals surface area contributed by atoms with Crippen LogP contribution in [0.25, 0.3) is 0 Å². The van der Waals surface area contributed by atoms with Crippen LogP contribution >= 0.6 is 7.60 Å². The van der Waals surface area contributed by atoms with Gasteiger partial charge in [0, 0.05) is 26.2 Å². The number of carbonyl (C=O) groups excluding carboxylic acids is 1. The minimum Gasteiger partial charge on any atom is -0.465 e. The van der Waals surface area contributed by atoms with E-state index in [4.69, 9.17) is 19.9 Å². The molecule has 1 atom stereocenters. The molecule has 0 radical (unpaired) electrons. The molecular weight excluding hydrogens is 373 g/mol. The molecular formula is C17H26N3O6P. The lowest BCUT2D eigenvalue weighted by Crippen LogP contribution is -2.52. The second-order valence-corrected chi connectivity index (χ2v) is 8.02. The lowest BCUT2D eigenvalue weighted by molar-refractivity contribution is -0.134. The van der Waals surface area contributed by atoms with Crippen molar-refractivity contribution < 1.29 is 28.3 Å². The fraction of sp³-hybridized carbons (Fsp3) is 0.529. The van der Waals surface area contributed by atoms with Crippen molar-refractivity contribution >= 4 is 24.9 Å². The van der Waals surface area contributed by atoms with Gasteiger partial charge in [-0.15, -0.1) is 0 Å². The van der Waals surface area contributed by atoms with Crippen LogP contribution in [0.4, 0.5) is 4.79 Å². The molecule has 1 aromatic carbocycles. The Bertz CT molecular complexity index is 693. The summed E-state index contributed by atoms with van der Waals surface area (Å²) in [7, 11) is -3.39. The molecule has 1 fully saturated rings. The van der Waals surface area contributed by atoms with E-state index in [0.717, 1.165) is 0 Å². The number of hydrogen-bond donors (Lipinski definition) is 2. The first-order valence-electron chi connectivity index (χ1n) is 8.84. The van der Waals surface area contributed by atoms with Crippen LogP contribution in [0, 0.1) is 0 Å². The maximum atomic E-state index is 12.8. The van der Waals surface area contributed by atoms with Crippen molar-refractivity contribution in [2.75, 3.05) is 39.4 Å². The summed E-state index contributed by atoms with van der Waals surface area (Å²) in [5.41, 5.74) is 6.66. The highest BCUT2D eigenvalue weighted by Gasteiger charge is 2.29. The molecule has 0 bridgehead atoms. The average molecular weight is 399 g/mol. The van der Waals surface area contributed by atoms with Gasteiger partial charge in [0.15, 0.2) is 0 Å². The van der Waals surface area contributed by atoms with Crippen LogP contribution in [0.1, 0.15) is 25.5 Å². The third-order valence-corrected chi connectivity index (χ3v) is 6.42. The highest BCUT2D eigenvalue weighted by Crippen LogP contribution is 2.46. The molecule has 150 valence electrons. The van der Waals surface area contributed by atoms with Gasteiger partial charge in [-0.05, 0) is 31.5 Å². The largest absolute Gasteiger partial charge is 0.465 e. The maximum Gasteiger partial charge on any atom is 0.407 e. The third-order valence-electron chi connectivity index (χ3n) is 4.29. The lowest BCUT2D eigenvalue weighted by atomic mass is 10.1. The Balaban J connectivity index is 2.06. The molecule has 1 aromatic rings. The first-order valence-corrected chi connectivity index (χ1v) is 10.4. The second kappa shape index (κ2) is 9.32. The third kappa shape index (κ3) is 5.07. The Morgan fingerprint density at radius 3 is 2.00 bits per heavy atom. The second-order valence-electron chi connectivity index (χ2n) is 6.00. The molecule has 1 aliphatic heterocycles. The predicted molar refractivity (Wildman–Crippen MR) is 100 cm³/mol. The van der Waals surface area contributed by atoms with Crippen molar-refractivity contribution in [3.8, 4) is 0 Å². The van der Waals surface area contributed by atoms with Crippen molar-refractivity contribution in [1.29, 1.82) is 0 Å². The molecule has 0 aromatic heterocycles. The van der Waals surface area contributed by atoms with Crippen molar-refractivity contribution in [3.63, 3.8) is 0 Å². The van der Waals surface area contributed by atoms with Crippen molar-refractivity contribution in [2.24, 2.45) is 5.73 Å². The van der Waals surface area contributed by atoms with Crippen LogP contribution in [0.15, 0.2) is 24.3 Å². The van der Waals surface area contributed by atoms with Crippen LogP contribution in [-0.4, -0.2) is 66.3 Å². The van der Waals surface area contributed by atoms with Crippen LogP contribution in [0.3, 0.4) is 0 Å². The van der Waals surface area contributed by atoms with E-state index < -0.39 is 19.7 Å². The SMILES string of the molecule is CCOP(=O)(OCC)c1ccc(C(N)C(=O)N2CCN(C(=O)O)CC2)cc1. The zero-order valence-corrected chi connectivity index (χ0v) is 16.4. The Labute approximate surface area is 158 Å². The molecule has 2 rings (SSSR count). The lowest BCUT2D eigenvalue weighted by Gasteiger charge is -2.34. The van der Waals surface area contributed by atoms with E-state index in [1.807, 2.05) is 0 Å². The number of nitrogens with zero attached hydrogens (tertiary/aromatic N) is 2. The zero-order chi connectivity index (χ0) is 20.0. The minimum atomic E-state index is -3.39. The molecule has 3 N–H and O–H groups in total. The smallest absolute Gasteiger partial charge is 0.407 e. The summed E-state index contributed by atoms with van der Waals surface area (Å²) >= 11 is 0. The fourth-order valence-corrected chi connectivity index (χ4v) is 4.41. The summed E-state index contributed by atoms with van der Waals surface area (Å²) in [5.74, 6) is -0.273. The number of amides is 2. The number of carboxylic acid groups (broad SMARTS) is 1. The van der Waals surface area contributed by atoms with E-state index in [9.17, 15) is 14.2 Å². The van der Waals surface area contributed by atoms with Gasteiger partial charge in [0.05, 0.1) is 18.5 Å². The van der Waals surface area contributed by atoms with Gasteiger partial charge in [0.2, 0.25) is 5.91 Å². The van der Waals surface area contributed by atoms with E-state index in [1.54, 1.807) is 43.0 Å². The monoisotopic (exact) mass is 399 g/mol. The number of benzene rings is 1. The highest BCUT2D eigenvalue weighted by molar-refractivity contribution is 7.62. The fourth-order valence-electron chi connectivity index (χ4n) is 2.85. The van der Waals surface area contributed by atoms with Crippen molar-refractivity contribution in [1.82, 2.24) is 9.80 Å². The average Bonchev–Trinajstić information content (AvgIpc) is 2.67. The summed E-state index contributed by atoms with van der Waals surface area (Å²) in [5, 5.41) is 9.38. The number of nitrogens with two attached hydrogens (primary N) is 1. The molecule has 10 heteroatoms.